The predicted octanol–water partition coefficient (Wildman–Crippen LogP) is 5.38. The number of nitrogens with zero attached hydrogens (tertiary/aromatic N) is 2. The minimum absolute atomic E-state index is 0.745. The fourth-order valence-electron chi connectivity index (χ4n) is 2.73. The summed E-state index contributed by atoms with van der Waals surface area (Å²) in [5.41, 5.74) is 13.5. The van der Waals surface area contributed by atoms with Crippen molar-refractivity contribution in [1.82, 2.24) is 4.98 Å². The number of rotatable bonds is 4. The van der Waals surface area contributed by atoms with Gasteiger partial charge in [0.05, 0.1) is 11.4 Å². The number of aromatic nitrogens is 1. The van der Waals surface area contributed by atoms with Gasteiger partial charge >= 0.3 is 0 Å². The molecule has 0 aliphatic carbocycles. The van der Waals surface area contributed by atoms with Crippen LogP contribution in [0.2, 0.25) is 0 Å². The van der Waals surface area contributed by atoms with E-state index in [1.165, 1.54) is 10.8 Å². The van der Waals surface area contributed by atoms with Crippen molar-refractivity contribution in [2.75, 3.05) is 11.2 Å². The van der Waals surface area contributed by atoms with Gasteiger partial charge in [0.2, 0.25) is 5.13 Å². The van der Waals surface area contributed by atoms with Crippen molar-refractivity contribution in [2.45, 2.75) is 6.92 Å². The number of anilines is 2. The molecular formula is C21H18N4S. The van der Waals surface area contributed by atoms with Crippen LogP contribution in [0, 0.1) is 0 Å². The number of nitrogens with two attached hydrogens (primary N) is 1. The third-order valence-electron chi connectivity index (χ3n) is 4.20. The Balaban J connectivity index is 1.53. The first-order valence-electron chi connectivity index (χ1n) is 8.30. The molecule has 0 amide bonds. The molecule has 0 fully saturated rings. The Bertz CT molecular complexity index is 1080. The number of nitrogens with one attached hydrogen (secondary N) is 1. The Kier molecular flexibility index (Phi) is 4.37. The molecule has 3 N–H and O–H groups in total. The highest BCUT2D eigenvalue weighted by molar-refractivity contribution is 7.14. The second-order valence-electron chi connectivity index (χ2n) is 6.03. The minimum Gasteiger partial charge on any atom is -0.399 e. The van der Waals surface area contributed by atoms with E-state index < -0.39 is 0 Å². The molecule has 0 atom stereocenters. The molecule has 0 spiro atoms. The maximum Gasteiger partial charge on any atom is 0.203 e. The molecule has 26 heavy (non-hydrogen) atoms. The number of hydrogen-bond acceptors (Lipinski definition) is 5. The summed E-state index contributed by atoms with van der Waals surface area (Å²) in [4.78, 5) is 4.65. The molecule has 0 unspecified atom stereocenters. The molecule has 4 rings (SSSR count). The highest BCUT2D eigenvalue weighted by Crippen LogP contribution is 2.27. The van der Waals surface area contributed by atoms with Gasteiger partial charge in [-0.25, -0.2) is 4.98 Å². The number of fused-ring (bicyclic) bond motifs is 1. The molecule has 0 saturated heterocycles. The first-order valence-corrected chi connectivity index (χ1v) is 9.18. The quantitative estimate of drug-likeness (QED) is 0.292. The van der Waals surface area contributed by atoms with E-state index in [1.807, 2.05) is 42.6 Å². The van der Waals surface area contributed by atoms with E-state index in [0.29, 0.717) is 0 Å². The third-order valence-corrected chi connectivity index (χ3v) is 4.94. The minimum atomic E-state index is 0.745. The zero-order valence-electron chi connectivity index (χ0n) is 14.3. The van der Waals surface area contributed by atoms with Crippen LogP contribution in [0.4, 0.5) is 10.8 Å². The lowest BCUT2D eigenvalue weighted by molar-refractivity contribution is 1.27. The van der Waals surface area contributed by atoms with Crippen molar-refractivity contribution in [3.05, 3.63) is 77.7 Å². The van der Waals surface area contributed by atoms with E-state index in [4.69, 9.17) is 5.73 Å². The molecule has 1 heterocycles. The molecule has 4 nitrogen and oxygen atoms in total. The monoisotopic (exact) mass is 358 g/mol. The number of thiazole rings is 1. The van der Waals surface area contributed by atoms with Crippen molar-refractivity contribution >= 4 is 38.6 Å². The van der Waals surface area contributed by atoms with Crippen LogP contribution >= 0.6 is 11.3 Å². The molecule has 0 bridgehead atoms. The van der Waals surface area contributed by atoms with E-state index in [0.717, 1.165) is 33.4 Å². The van der Waals surface area contributed by atoms with Gasteiger partial charge in [-0.2, -0.15) is 5.10 Å². The van der Waals surface area contributed by atoms with Gasteiger partial charge in [0.1, 0.15) is 0 Å². The van der Waals surface area contributed by atoms with E-state index in [-0.39, 0.29) is 0 Å². The summed E-state index contributed by atoms with van der Waals surface area (Å²) >= 11 is 1.54. The highest BCUT2D eigenvalue weighted by atomic mass is 32.1. The molecule has 0 aliphatic rings. The lowest BCUT2D eigenvalue weighted by Crippen LogP contribution is -1.99. The summed E-state index contributed by atoms with van der Waals surface area (Å²) in [5.74, 6) is 0. The maximum absolute atomic E-state index is 5.72. The fourth-order valence-corrected chi connectivity index (χ4v) is 3.39. The van der Waals surface area contributed by atoms with Gasteiger partial charge in [0.25, 0.3) is 0 Å². The smallest absolute Gasteiger partial charge is 0.203 e. The van der Waals surface area contributed by atoms with E-state index in [2.05, 4.69) is 51.9 Å². The van der Waals surface area contributed by atoms with Crippen LogP contribution in [0.15, 0.2) is 77.2 Å². The van der Waals surface area contributed by atoms with Crippen molar-refractivity contribution in [2.24, 2.45) is 5.10 Å². The highest BCUT2D eigenvalue weighted by Gasteiger charge is 2.05. The average Bonchev–Trinajstić information content (AvgIpc) is 3.15. The zero-order valence-corrected chi connectivity index (χ0v) is 15.1. The van der Waals surface area contributed by atoms with Crippen molar-refractivity contribution in [3.63, 3.8) is 0 Å². The van der Waals surface area contributed by atoms with Crippen molar-refractivity contribution in [3.8, 4) is 11.3 Å². The molecule has 0 saturated carbocycles. The van der Waals surface area contributed by atoms with Crippen LogP contribution in [-0.2, 0) is 0 Å². The Hall–Kier alpha value is -3.18. The molecular weight excluding hydrogens is 340 g/mol. The van der Waals surface area contributed by atoms with E-state index in [1.54, 1.807) is 11.3 Å². The van der Waals surface area contributed by atoms with Crippen LogP contribution in [0.25, 0.3) is 22.0 Å². The van der Waals surface area contributed by atoms with Gasteiger partial charge < -0.3 is 5.73 Å². The largest absolute Gasteiger partial charge is 0.399 e. The summed E-state index contributed by atoms with van der Waals surface area (Å²) in [6.07, 6.45) is 0. The van der Waals surface area contributed by atoms with Gasteiger partial charge in [-0.15, -0.1) is 11.3 Å². The lowest BCUT2D eigenvalue weighted by Gasteiger charge is -2.02. The zero-order chi connectivity index (χ0) is 17.9. The Morgan fingerprint density at radius 2 is 1.77 bits per heavy atom. The summed E-state index contributed by atoms with van der Waals surface area (Å²) < 4.78 is 0. The molecule has 4 aromatic rings. The SMILES string of the molecule is C/C(=N\Nc1nc(-c2ccc3ccccc3c2)cs1)c1ccc(N)cc1. The van der Waals surface area contributed by atoms with Gasteiger partial charge in [0, 0.05) is 16.6 Å². The summed E-state index contributed by atoms with van der Waals surface area (Å²) in [7, 11) is 0. The topological polar surface area (TPSA) is 63.3 Å². The fraction of sp³-hybridized carbons (Fsp3) is 0.0476. The molecule has 5 heteroatoms. The predicted molar refractivity (Wildman–Crippen MR) is 112 cm³/mol. The second-order valence-corrected chi connectivity index (χ2v) is 6.89. The van der Waals surface area contributed by atoms with Crippen LogP contribution in [0.3, 0.4) is 0 Å². The third kappa shape index (κ3) is 3.43. The second kappa shape index (κ2) is 6.98. The van der Waals surface area contributed by atoms with Crippen molar-refractivity contribution < 1.29 is 0 Å². The number of hydrogen-bond donors (Lipinski definition) is 2. The Morgan fingerprint density at radius 1 is 1.00 bits per heavy atom. The summed E-state index contributed by atoms with van der Waals surface area (Å²) in [6.45, 7) is 1.95. The molecule has 1 aromatic heterocycles. The van der Waals surface area contributed by atoms with E-state index in [9.17, 15) is 0 Å². The maximum atomic E-state index is 5.72. The number of hydrazone groups is 1. The molecule has 3 aromatic carbocycles. The van der Waals surface area contributed by atoms with E-state index >= 15 is 0 Å². The van der Waals surface area contributed by atoms with Gasteiger partial charge in [-0.3, -0.25) is 5.43 Å². The molecule has 128 valence electrons. The van der Waals surface area contributed by atoms with Crippen molar-refractivity contribution in [1.29, 1.82) is 0 Å². The van der Waals surface area contributed by atoms with Crippen LogP contribution in [-0.4, -0.2) is 10.7 Å². The summed E-state index contributed by atoms with van der Waals surface area (Å²) in [6, 6.07) is 22.4. The molecule has 0 aliphatic heterocycles. The Labute approximate surface area is 156 Å². The first kappa shape index (κ1) is 16.3. The van der Waals surface area contributed by atoms with Crippen LogP contribution in [0.5, 0.6) is 0 Å². The standard InChI is InChI=1S/C21H18N4S/c1-14(15-8-10-19(22)11-9-15)24-25-21-23-20(13-26-21)18-7-6-16-4-2-3-5-17(16)12-18/h2-13H,22H2,1H3,(H,23,25)/b24-14+. The number of benzene rings is 3. The van der Waals surface area contributed by atoms with Crippen LogP contribution < -0.4 is 11.2 Å². The van der Waals surface area contributed by atoms with Gasteiger partial charge in [-0.1, -0.05) is 48.5 Å². The molecule has 0 radical (unpaired) electrons. The average molecular weight is 358 g/mol. The first-order chi connectivity index (χ1) is 12.7. The Morgan fingerprint density at radius 3 is 2.58 bits per heavy atom. The van der Waals surface area contributed by atoms with Gasteiger partial charge in [-0.05, 0) is 41.5 Å². The van der Waals surface area contributed by atoms with Crippen LogP contribution in [0.1, 0.15) is 12.5 Å². The number of nitrogen functional groups attached to an aromatic ring is 1. The summed E-state index contributed by atoms with van der Waals surface area (Å²) in [5, 5.41) is 9.68. The normalized spacial score (nSPS) is 11.7. The van der Waals surface area contributed by atoms with Gasteiger partial charge in [0.15, 0.2) is 0 Å². The lowest BCUT2D eigenvalue weighted by atomic mass is 10.1.